The molecule has 0 saturated heterocycles. The van der Waals surface area contributed by atoms with Gasteiger partial charge in [-0.2, -0.15) is 0 Å². The highest BCUT2D eigenvalue weighted by molar-refractivity contribution is 9.08. The van der Waals surface area contributed by atoms with Crippen LogP contribution in [0.3, 0.4) is 0 Å². The number of benzene rings is 1. The van der Waals surface area contributed by atoms with Crippen molar-refractivity contribution in [3.05, 3.63) is 40.1 Å². The van der Waals surface area contributed by atoms with Crippen LogP contribution in [0.2, 0.25) is 10.0 Å². The van der Waals surface area contributed by atoms with E-state index in [0.717, 1.165) is 17.0 Å². The lowest BCUT2D eigenvalue weighted by atomic mass is 10.1. The minimum absolute atomic E-state index is 0.584. The minimum atomic E-state index is 0.584. The molecule has 2 rings (SSSR count). The van der Waals surface area contributed by atoms with Gasteiger partial charge < -0.3 is 4.52 Å². The van der Waals surface area contributed by atoms with Crippen molar-refractivity contribution in [3.8, 4) is 11.3 Å². The molecule has 1 heterocycles. The first-order valence-electron chi connectivity index (χ1n) is 4.17. The molecule has 0 aliphatic rings. The molecule has 2 nitrogen and oxygen atoms in total. The fourth-order valence-electron chi connectivity index (χ4n) is 1.21. The normalized spacial score (nSPS) is 10.6. The monoisotopic (exact) mass is 305 g/mol. The Kier molecular flexibility index (Phi) is 3.34. The predicted octanol–water partition coefficient (Wildman–Crippen LogP) is 4.54. The number of hydrogen-bond acceptors (Lipinski definition) is 2. The van der Waals surface area contributed by atoms with Crippen LogP contribution in [-0.4, -0.2) is 5.16 Å². The van der Waals surface area contributed by atoms with Gasteiger partial charge in [0.15, 0.2) is 0 Å². The molecule has 78 valence electrons. The summed E-state index contributed by atoms with van der Waals surface area (Å²) in [4.78, 5) is 0. The molecule has 0 N–H and O–H groups in total. The molecule has 0 radical (unpaired) electrons. The smallest absolute Gasteiger partial charge is 0.147 e. The number of hydrogen-bond donors (Lipinski definition) is 0. The van der Waals surface area contributed by atoms with Gasteiger partial charge in [-0.1, -0.05) is 44.3 Å². The van der Waals surface area contributed by atoms with E-state index in [9.17, 15) is 0 Å². The third-order valence-corrected chi connectivity index (χ3v) is 2.84. The summed E-state index contributed by atoms with van der Waals surface area (Å²) in [5, 5.41) is 5.72. The van der Waals surface area contributed by atoms with Crippen LogP contribution in [0.15, 0.2) is 28.8 Å². The molecule has 0 spiro atoms. The molecule has 0 fully saturated rings. The first-order chi connectivity index (χ1) is 7.19. The van der Waals surface area contributed by atoms with Crippen LogP contribution in [0.25, 0.3) is 11.3 Å². The topological polar surface area (TPSA) is 26.0 Å². The van der Waals surface area contributed by atoms with Gasteiger partial charge in [-0.3, -0.25) is 0 Å². The molecule has 0 aliphatic carbocycles. The Morgan fingerprint density at radius 3 is 2.33 bits per heavy atom. The number of alkyl halides is 1. The van der Waals surface area contributed by atoms with Gasteiger partial charge in [0.25, 0.3) is 0 Å². The van der Waals surface area contributed by atoms with Crippen molar-refractivity contribution in [1.29, 1.82) is 0 Å². The van der Waals surface area contributed by atoms with Gasteiger partial charge in [0.1, 0.15) is 11.5 Å². The third kappa shape index (κ3) is 2.54. The Hall–Kier alpha value is -0.510. The second-order valence-corrected chi connectivity index (χ2v) is 4.40. The number of halogens is 3. The molecule has 0 unspecified atom stereocenters. The van der Waals surface area contributed by atoms with Gasteiger partial charge in [-0.05, 0) is 18.2 Å². The zero-order valence-electron chi connectivity index (χ0n) is 7.51. The standard InChI is InChI=1S/C10H6BrCl2NO/c11-5-9-4-10(14-15-9)6-1-7(12)3-8(13)2-6/h1-4H,5H2. The number of rotatable bonds is 2. The van der Waals surface area contributed by atoms with Gasteiger partial charge in [-0.25, -0.2) is 0 Å². The van der Waals surface area contributed by atoms with Gasteiger partial charge in [0.2, 0.25) is 0 Å². The quantitative estimate of drug-likeness (QED) is 0.761. The highest BCUT2D eigenvalue weighted by atomic mass is 79.9. The summed E-state index contributed by atoms with van der Waals surface area (Å²) in [6.45, 7) is 0. The molecule has 1 aromatic heterocycles. The summed E-state index contributed by atoms with van der Waals surface area (Å²) in [7, 11) is 0. The first kappa shape index (κ1) is 11.0. The second-order valence-electron chi connectivity index (χ2n) is 2.97. The summed E-state index contributed by atoms with van der Waals surface area (Å²) >= 11 is 15.1. The van der Waals surface area contributed by atoms with Gasteiger partial charge in [0.05, 0.1) is 5.33 Å². The highest BCUT2D eigenvalue weighted by Crippen LogP contribution is 2.27. The van der Waals surface area contributed by atoms with Crippen molar-refractivity contribution in [2.75, 3.05) is 0 Å². The van der Waals surface area contributed by atoms with E-state index in [4.69, 9.17) is 27.7 Å². The minimum Gasteiger partial charge on any atom is -0.360 e. The lowest BCUT2D eigenvalue weighted by molar-refractivity contribution is 0.398. The fraction of sp³-hybridized carbons (Fsp3) is 0.100. The molecular weight excluding hydrogens is 301 g/mol. The number of aromatic nitrogens is 1. The fourth-order valence-corrected chi connectivity index (χ4v) is 2.00. The zero-order chi connectivity index (χ0) is 10.8. The molecule has 5 heteroatoms. The Labute approximate surface area is 105 Å². The zero-order valence-corrected chi connectivity index (χ0v) is 10.6. The first-order valence-corrected chi connectivity index (χ1v) is 6.05. The van der Waals surface area contributed by atoms with E-state index in [1.165, 1.54) is 0 Å². The van der Waals surface area contributed by atoms with Crippen molar-refractivity contribution in [2.45, 2.75) is 5.33 Å². The summed E-state index contributed by atoms with van der Waals surface area (Å²) in [6, 6.07) is 7.11. The van der Waals surface area contributed by atoms with E-state index >= 15 is 0 Å². The SMILES string of the molecule is Clc1cc(Cl)cc(-c2cc(CBr)on2)c1. The van der Waals surface area contributed by atoms with E-state index in [1.807, 2.05) is 6.07 Å². The molecule has 15 heavy (non-hydrogen) atoms. The van der Waals surface area contributed by atoms with Crippen molar-refractivity contribution < 1.29 is 4.52 Å². The maximum absolute atomic E-state index is 5.89. The third-order valence-electron chi connectivity index (χ3n) is 1.85. The maximum Gasteiger partial charge on any atom is 0.147 e. The average molecular weight is 307 g/mol. The average Bonchev–Trinajstić information content (AvgIpc) is 2.64. The largest absolute Gasteiger partial charge is 0.360 e. The van der Waals surface area contributed by atoms with Crippen molar-refractivity contribution in [2.24, 2.45) is 0 Å². The predicted molar refractivity (Wildman–Crippen MR) is 64.6 cm³/mol. The van der Waals surface area contributed by atoms with E-state index < -0.39 is 0 Å². The van der Waals surface area contributed by atoms with E-state index in [1.54, 1.807) is 18.2 Å². The molecule has 0 bridgehead atoms. The molecular formula is C10H6BrCl2NO. The summed E-state index contributed by atoms with van der Waals surface area (Å²) in [6.07, 6.45) is 0. The van der Waals surface area contributed by atoms with Crippen molar-refractivity contribution in [3.63, 3.8) is 0 Å². The van der Waals surface area contributed by atoms with Crippen LogP contribution in [-0.2, 0) is 5.33 Å². The van der Waals surface area contributed by atoms with E-state index in [-0.39, 0.29) is 0 Å². The Morgan fingerprint density at radius 2 is 1.80 bits per heavy atom. The second kappa shape index (κ2) is 4.56. The maximum atomic E-state index is 5.89. The van der Waals surface area contributed by atoms with E-state index in [2.05, 4.69) is 21.1 Å². The van der Waals surface area contributed by atoms with Gasteiger partial charge in [-0.15, -0.1) is 0 Å². The lowest BCUT2D eigenvalue weighted by Crippen LogP contribution is -1.77. The van der Waals surface area contributed by atoms with Crippen LogP contribution >= 0.6 is 39.1 Å². The van der Waals surface area contributed by atoms with Crippen molar-refractivity contribution >= 4 is 39.1 Å². The van der Waals surface area contributed by atoms with E-state index in [0.29, 0.717) is 15.4 Å². The highest BCUT2D eigenvalue weighted by Gasteiger charge is 2.07. The Bertz CT molecular complexity index is 464. The van der Waals surface area contributed by atoms with Crippen LogP contribution in [0.5, 0.6) is 0 Å². The molecule has 1 aromatic carbocycles. The Morgan fingerprint density at radius 1 is 1.13 bits per heavy atom. The van der Waals surface area contributed by atoms with Gasteiger partial charge >= 0.3 is 0 Å². The number of nitrogens with zero attached hydrogens (tertiary/aromatic N) is 1. The van der Waals surface area contributed by atoms with Crippen LogP contribution in [0.1, 0.15) is 5.76 Å². The lowest BCUT2D eigenvalue weighted by Gasteiger charge is -1.97. The molecule has 0 aliphatic heterocycles. The molecule has 0 atom stereocenters. The molecule has 2 aromatic rings. The van der Waals surface area contributed by atoms with Crippen LogP contribution in [0.4, 0.5) is 0 Å². The summed E-state index contributed by atoms with van der Waals surface area (Å²) < 4.78 is 5.06. The molecule has 0 amide bonds. The van der Waals surface area contributed by atoms with Crippen LogP contribution in [0, 0.1) is 0 Å². The summed E-state index contributed by atoms with van der Waals surface area (Å²) in [5.41, 5.74) is 1.58. The Balaban J connectivity index is 2.44. The van der Waals surface area contributed by atoms with Crippen molar-refractivity contribution in [1.82, 2.24) is 5.16 Å². The summed E-state index contributed by atoms with van der Waals surface area (Å²) in [5.74, 6) is 0.765. The molecule has 0 saturated carbocycles. The van der Waals surface area contributed by atoms with Gasteiger partial charge in [0, 0.05) is 21.7 Å². The van der Waals surface area contributed by atoms with Crippen LogP contribution < -0.4 is 0 Å².